The lowest BCUT2D eigenvalue weighted by Crippen LogP contribution is -2.72. The molecule has 2 atom stereocenters. The van der Waals surface area contributed by atoms with Crippen LogP contribution in [0.5, 0.6) is 0 Å². The number of fused-ring (bicyclic) bond motifs is 2. The Bertz CT molecular complexity index is 585. The molecule has 166 valence electrons. The second-order valence-electron chi connectivity index (χ2n) is 12.6. The van der Waals surface area contributed by atoms with Crippen molar-refractivity contribution in [2.45, 2.75) is 103 Å². The topological polar surface area (TPSA) is 9.72 Å². The highest BCUT2D eigenvalue weighted by atomic mass is 19.1. The van der Waals surface area contributed by atoms with E-state index in [-0.39, 0.29) is 0 Å². The first-order chi connectivity index (χ1) is 13.7. The Morgan fingerprint density at radius 3 is 2.03 bits per heavy atom. The number of nitrogens with zero attached hydrogens (tertiary/aromatic N) is 3. The van der Waals surface area contributed by atoms with Crippen molar-refractivity contribution in [3.8, 4) is 0 Å². The molecule has 0 aromatic carbocycles. The van der Waals surface area contributed by atoms with Gasteiger partial charge in [0.1, 0.15) is 5.67 Å². The fourth-order valence-electron chi connectivity index (χ4n) is 7.61. The van der Waals surface area contributed by atoms with Gasteiger partial charge in [-0.1, -0.05) is 13.8 Å². The van der Waals surface area contributed by atoms with Gasteiger partial charge >= 0.3 is 0 Å². The molecule has 4 heteroatoms. The highest BCUT2D eigenvalue weighted by molar-refractivity contribution is 5.11. The fraction of sp³-hybridized carbons (Fsp3) is 1.00. The van der Waals surface area contributed by atoms with Crippen LogP contribution in [-0.2, 0) is 0 Å². The average Bonchev–Trinajstić information content (AvgIpc) is 3.38. The van der Waals surface area contributed by atoms with Crippen molar-refractivity contribution < 1.29 is 4.39 Å². The van der Waals surface area contributed by atoms with E-state index in [0.717, 1.165) is 38.4 Å². The van der Waals surface area contributed by atoms with Crippen LogP contribution in [0.2, 0.25) is 0 Å². The summed E-state index contributed by atoms with van der Waals surface area (Å²) in [6, 6.07) is 1.88. The molecule has 0 radical (unpaired) electrons. The summed E-state index contributed by atoms with van der Waals surface area (Å²) in [5.41, 5.74) is 0.0830. The van der Waals surface area contributed by atoms with Crippen molar-refractivity contribution in [2.24, 2.45) is 16.7 Å². The van der Waals surface area contributed by atoms with E-state index in [1.165, 1.54) is 58.2 Å². The standard InChI is InChI=1S/C25H44FN3/c1-19(2)12-23(5-6-23)17-27-9-7-24(8-10-27)15-25(26,16-24)18-29-21-11-22(29)14-28(13-21)20(3)4/h19-22H,5-18H2,1-4H3. The molecule has 0 N–H and O–H groups in total. The molecule has 2 aliphatic carbocycles. The van der Waals surface area contributed by atoms with Gasteiger partial charge < -0.3 is 4.90 Å². The van der Waals surface area contributed by atoms with Gasteiger partial charge in [0.05, 0.1) is 0 Å². The van der Waals surface area contributed by atoms with E-state index >= 15 is 4.39 Å². The predicted molar refractivity (Wildman–Crippen MR) is 118 cm³/mol. The molecule has 2 bridgehead atoms. The van der Waals surface area contributed by atoms with E-state index in [2.05, 4.69) is 42.4 Å². The van der Waals surface area contributed by atoms with Gasteiger partial charge in [0.25, 0.3) is 0 Å². The van der Waals surface area contributed by atoms with Crippen molar-refractivity contribution in [1.82, 2.24) is 14.7 Å². The highest BCUT2D eigenvalue weighted by Crippen LogP contribution is 2.58. The van der Waals surface area contributed by atoms with Gasteiger partial charge in [-0.2, -0.15) is 0 Å². The van der Waals surface area contributed by atoms with Crippen molar-refractivity contribution in [1.29, 1.82) is 0 Å². The maximum Gasteiger partial charge on any atom is 0.124 e. The van der Waals surface area contributed by atoms with Crippen LogP contribution in [0.1, 0.15) is 79.1 Å². The number of halogens is 1. The van der Waals surface area contributed by atoms with Crippen LogP contribution in [0.15, 0.2) is 0 Å². The number of alkyl halides is 1. The minimum absolute atomic E-state index is 0.337. The quantitative estimate of drug-likeness (QED) is 0.615. The molecule has 0 aromatic rings. The SMILES string of the molecule is CC(C)CC1(CN2CCC3(CC2)CC(F)(CN2C4CC2CN(C(C)C)C4)C3)CC1. The molecule has 2 saturated carbocycles. The van der Waals surface area contributed by atoms with Crippen LogP contribution in [0.4, 0.5) is 4.39 Å². The maximum absolute atomic E-state index is 15.6. The molecule has 5 fully saturated rings. The molecular weight excluding hydrogens is 361 g/mol. The Morgan fingerprint density at radius 2 is 1.52 bits per heavy atom. The lowest BCUT2D eigenvalue weighted by atomic mass is 9.55. The minimum Gasteiger partial charge on any atom is -0.303 e. The Kier molecular flexibility index (Phi) is 5.12. The molecule has 5 rings (SSSR count). The van der Waals surface area contributed by atoms with E-state index in [1.54, 1.807) is 0 Å². The summed E-state index contributed by atoms with van der Waals surface area (Å²) >= 11 is 0. The molecule has 3 aliphatic heterocycles. The molecule has 29 heavy (non-hydrogen) atoms. The first kappa shape index (κ1) is 20.7. The number of piperidine rings is 2. The maximum atomic E-state index is 15.6. The van der Waals surface area contributed by atoms with Crippen molar-refractivity contribution in [3.63, 3.8) is 0 Å². The van der Waals surface area contributed by atoms with E-state index in [9.17, 15) is 0 Å². The number of likely N-dealkylation sites (tertiary alicyclic amines) is 3. The molecule has 3 heterocycles. The summed E-state index contributed by atoms with van der Waals surface area (Å²) in [7, 11) is 0. The molecule has 3 nitrogen and oxygen atoms in total. The molecule has 2 unspecified atom stereocenters. The molecule has 0 amide bonds. The fourth-order valence-corrected chi connectivity index (χ4v) is 7.61. The second-order valence-corrected chi connectivity index (χ2v) is 12.6. The third-order valence-electron chi connectivity index (χ3n) is 9.23. The summed E-state index contributed by atoms with van der Waals surface area (Å²) < 4.78 is 15.6. The molecule has 0 aromatic heterocycles. The summed E-state index contributed by atoms with van der Waals surface area (Å²) in [6.07, 6.45) is 9.74. The lowest BCUT2D eigenvalue weighted by Gasteiger charge is -2.62. The van der Waals surface area contributed by atoms with Crippen LogP contribution in [0, 0.1) is 16.7 Å². The first-order valence-corrected chi connectivity index (χ1v) is 12.6. The summed E-state index contributed by atoms with van der Waals surface area (Å²) in [4.78, 5) is 7.84. The zero-order chi connectivity index (χ0) is 20.4. The van der Waals surface area contributed by atoms with E-state index < -0.39 is 5.67 Å². The zero-order valence-corrected chi connectivity index (χ0v) is 19.4. The molecule has 3 saturated heterocycles. The average molecular weight is 406 g/mol. The van der Waals surface area contributed by atoms with Gasteiger partial charge in [0, 0.05) is 44.3 Å². The van der Waals surface area contributed by atoms with Gasteiger partial charge in [-0.25, -0.2) is 4.39 Å². The van der Waals surface area contributed by atoms with Gasteiger partial charge in [-0.3, -0.25) is 9.80 Å². The Balaban J connectivity index is 1.08. The van der Waals surface area contributed by atoms with E-state index in [4.69, 9.17) is 0 Å². The Morgan fingerprint density at radius 1 is 0.897 bits per heavy atom. The van der Waals surface area contributed by atoms with Gasteiger partial charge in [0.15, 0.2) is 0 Å². The van der Waals surface area contributed by atoms with Crippen LogP contribution in [0.25, 0.3) is 0 Å². The number of rotatable bonds is 7. The van der Waals surface area contributed by atoms with Crippen molar-refractivity contribution in [3.05, 3.63) is 0 Å². The van der Waals surface area contributed by atoms with Crippen LogP contribution in [-0.4, -0.2) is 77.8 Å². The summed E-state index contributed by atoms with van der Waals surface area (Å²) in [5, 5.41) is 0. The minimum atomic E-state index is -0.894. The smallest absolute Gasteiger partial charge is 0.124 e. The van der Waals surface area contributed by atoms with Crippen LogP contribution >= 0.6 is 0 Å². The molecule has 1 spiro atoms. The first-order valence-electron chi connectivity index (χ1n) is 12.6. The number of piperazine rings is 1. The summed E-state index contributed by atoms with van der Waals surface area (Å²) in [5.74, 6) is 0.820. The molecular formula is C25H44FN3. The summed E-state index contributed by atoms with van der Waals surface area (Å²) in [6.45, 7) is 16.1. The van der Waals surface area contributed by atoms with Gasteiger partial charge in [-0.15, -0.1) is 0 Å². The van der Waals surface area contributed by atoms with Gasteiger partial charge in [-0.05, 0) is 95.1 Å². The van der Waals surface area contributed by atoms with Crippen molar-refractivity contribution in [2.75, 3.05) is 39.3 Å². The highest BCUT2D eigenvalue weighted by Gasteiger charge is 2.59. The van der Waals surface area contributed by atoms with E-state index in [0.29, 0.717) is 29.0 Å². The second kappa shape index (κ2) is 7.17. The monoisotopic (exact) mass is 405 g/mol. The van der Waals surface area contributed by atoms with Crippen molar-refractivity contribution >= 4 is 0 Å². The Hall–Kier alpha value is -0.190. The Labute approximate surface area is 178 Å². The largest absolute Gasteiger partial charge is 0.303 e. The van der Waals surface area contributed by atoms with E-state index in [1.807, 2.05) is 0 Å². The van der Waals surface area contributed by atoms with Gasteiger partial charge in [0.2, 0.25) is 0 Å². The third-order valence-corrected chi connectivity index (χ3v) is 9.23. The van der Waals surface area contributed by atoms with Crippen LogP contribution < -0.4 is 0 Å². The predicted octanol–water partition coefficient (Wildman–Crippen LogP) is 4.56. The number of hydrogen-bond acceptors (Lipinski definition) is 3. The third kappa shape index (κ3) is 4.03. The zero-order valence-electron chi connectivity index (χ0n) is 19.4. The lowest BCUT2D eigenvalue weighted by molar-refractivity contribution is -0.157. The molecule has 5 aliphatic rings. The number of hydrogen-bond donors (Lipinski definition) is 0. The van der Waals surface area contributed by atoms with Crippen LogP contribution in [0.3, 0.4) is 0 Å². The normalized spacial score (nSPS) is 35.7.